The molecule has 0 radical (unpaired) electrons. The molecule has 0 aliphatic carbocycles. The molecular weight excluding hydrogens is 495 g/mol. The zero-order valence-electron chi connectivity index (χ0n) is 15.7. The van der Waals surface area contributed by atoms with Gasteiger partial charge < -0.3 is 19.6 Å². The van der Waals surface area contributed by atoms with Crippen molar-refractivity contribution in [3.8, 4) is 11.5 Å². The van der Waals surface area contributed by atoms with Crippen LogP contribution in [0.15, 0.2) is 41.5 Å². The third-order valence-electron chi connectivity index (χ3n) is 3.47. The molecule has 8 heteroatoms. The van der Waals surface area contributed by atoms with Gasteiger partial charge in [0.05, 0.1) is 29.5 Å². The monoisotopic (exact) mass is 516 g/mol. The molecule has 0 unspecified atom stereocenters. The maximum Gasteiger partial charge on any atom is 0.344 e. The van der Waals surface area contributed by atoms with Crippen molar-refractivity contribution in [2.24, 2.45) is 5.10 Å². The van der Waals surface area contributed by atoms with E-state index in [-0.39, 0.29) is 6.61 Å². The Labute approximate surface area is 183 Å². The number of nitrogens with zero attached hydrogens (tertiary/aromatic N) is 1. The third-order valence-corrected chi connectivity index (χ3v) is 4.53. The first kappa shape index (κ1) is 22.3. The lowest BCUT2D eigenvalue weighted by molar-refractivity contribution is -0.145. The van der Waals surface area contributed by atoms with Gasteiger partial charge in [0.25, 0.3) is 0 Å². The minimum Gasteiger partial charge on any atom is -0.490 e. The van der Waals surface area contributed by atoms with Gasteiger partial charge in [0.1, 0.15) is 0 Å². The minimum atomic E-state index is -0.419. The van der Waals surface area contributed by atoms with Crippen LogP contribution in [0.2, 0.25) is 5.02 Å². The number of rotatable bonds is 10. The Morgan fingerprint density at radius 1 is 1.18 bits per heavy atom. The van der Waals surface area contributed by atoms with Gasteiger partial charge in [-0.05, 0) is 71.8 Å². The fraction of sp³-hybridized carbons (Fsp3) is 0.300. The van der Waals surface area contributed by atoms with E-state index >= 15 is 0 Å². The molecule has 2 aromatic carbocycles. The van der Waals surface area contributed by atoms with Gasteiger partial charge in [-0.1, -0.05) is 23.7 Å². The van der Waals surface area contributed by atoms with Gasteiger partial charge in [0.15, 0.2) is 18.1 Å². The second-order valence-electron chi connectivity index (χ2n) is 5.58. The Balaban J connectivity index is 2.03. The summed E-state index contributed by atoms with van der Waals surface area (Å²) in [5.74, 6) is 0.650. The summed E-state index contributed by atoms with van der Waals surface area (Å²) < 4.78 is 17.0. The molecule has 0 aromatic heterocycles. The number of carbonyl (C=O) groups is 1. The van der Waals surface area contributed by atoms with E-state index in [1.807, 2.05) is 43.3 Å². The average Bonchev–Trinajstić information content (AvgIpc) is 2.66. The summed E-state index contributed by atoms with van der Waals surface area (Å²) in [5.41, 5.74) is 4.92. The van der Waals surface area contributed by atoms with E-state index in [4.69, 9.17) is 25.8 Å². The van der Waals surface area contributed by atoms with Crippen molar-refractivity contribution >= 4 is 46.4 Å². The maximum absolute atomic E-state index is 11.5. The molecule has 0 amide bonds. The summed E-state index contributed by atoms with van der Waals surface area (Å²) in [7, 11) is 0. The number of nitrogens with one attached hydrogen (secondary N) is 1. The van der Waals surface area contributed by atoms with Gasteiger partial charge in [0, 0.05) is 5.02 Å². The summed E-state index contributed by atoms with van der Waals surface area (Å²) in [5, 5.41) is 4.95. The van der Waals surface area contributed by atoms with Crippen molar-refractivity contribution in [2.75, 3.05) is 19.8 Å². The van der Waals surface area contributed by atoms with E-state index < -0.39 is 5.97 Å². The predicted octanol–water partition coefficient (Wildman–Crippen LogP) is 4.41. The highest BCUT2D eigenvalue weighted by Crippen LogP contribution is 2.34. The van der Waals surface area contributed by atoms with Crippen LogP contribution in [0.5, 0.6) is 11.5 Å². The minimum absolute atomic E-state index is 0.167. The molecular formula is C20H22ClIN2O4. The zero-order valence-corrected chi connectivity index (χ0v) is 18.6. The van der Waals surface area contributed by atoms with Crippen LogP contribution < -0.4 is 14.9 Å². The van der Waals surface area contributed by atoms with Crippen molar-refractivity contribution in [3.63, 3.8) is 0 Å². The molecule has 0 saturated carbocycles. The van der Waals surface area contributed by atoms with Crippen LogP contribution in [0.4, 0.5) is 0 Å². The maximum atomic E-state index is 11.5. The molecule has 0 aliphatic heterocycles. The molecule has 1 N–H and O–H groups in total. The Morgan fingerprint density at radius 2 is 1.93 bits per heavy atom. The van der Waals surface area contributed by atoms with E-state index in [1.165, 1.54) is 0 Å². The second-order valence-corrected chi connectivity index (χ2v) is 7.17. The van der Waals surface area contributed by atoms with Gasteiger partial charge in [-0.15, -0.1) is 0 Å². The largest absolute Gasteiger partial charge is 0.490 e. The highest BCUT2D eigenvalue weighted by atomic mass is 127. The van der Waals surface area contributed by atoms with Gasteiger partial charge in [-0.25, -0.2) is 4.79 Å². The standard InChI is InChI=1S/C20H22ClIN2O4/c1-3-26-18-10-15(9-17(22)20(18)28-13-19(25)27-4-2)12-24-23-11-14-5-7-16(21)8-6-14/h5-10,12,23H,3-4,11,13H2,1-2H3/b24-12-. The van der Waals surface area contributed by atoms with Crippen LogP contribution in [0.3, 0.4) is 0 Å². The number of halogens is 2. The Morgan fingerprint density at radius 3 is 2.61 bits per heavy atom. The molecule has 0 heterocycles. The van der Waals surface area contributed by atoms with Crippen molar-refractivity contribution in [1.29, 1.82) is 0 Å². The Bertz CT molecular complexity index is 813. The number of ether oxygens (including phenoxy) is 3. The number of carbonyl (C=O) groups excluding carboxylic acids is 1. The number of esters is 1. The topological polar surface area (TPSA) is 69.2 Å². The first-order valence-corrected chi connectivity index (χ1v) is 10.2. The lowest BCUT2D eigenvalue weighted by atomic mass is 10.2. The van der Waals surface area contributed by atoms with Gasteiger partial charge in [0.2, 0.25) is 0 Å². The SMILES string of the molecule is CCOC(=O)COc1c(I)cc(/C=N\NCc2ccc(Cl)cc2)cc1OCC. The highest BCUT2D eigenvalue weighted by Gasteiger charge is 2.14. The molecule has 0 fully saturated rings. The van der Waals surface area contributed by atoms with Crippen LogP contribution in [-0.2, 0) is 16.1 Å². The van der Waals surface area contributed by atoms with Crippen molar-refractivity contribution in [2.45, 2.75) is 20.4 Å². The molecule has 0 aliphatic rings. The van der Waals surface area contributed by atoms with Crippen molar-refractivity contribution in [1.82, 2.24) is 5.43 Å². The van der Waals surface area contributed by atoms with Gasteiger partial charge in [-0.2, -0.15) is 5.10 Å². The number of hydrogen-bond donors (Lipinski definition) is 1. The lowest BCUT2D eigenvalue weighted by Gasteiger charge is -2.14. The summed E-state index contributed by atoms with van der Waals surface area (Å²) in [6, 6.07) is 11.3. The molecule has 28 heavy (non-hydrogen) atoms. The summed E-state index contributed by atoms with van der Waals surface area (Å²) in [6.45, 7) is 4.85. The molecule has 0 saturated heterocycles. The van der Waals surface area contributed by atoms with Crippen molar-refractivity contribution < 1.29 is 19.0 Å². The molecule has 0 spiro atoms. The van der Waals surface area contributed by atoms with Crippen LogP contribution >= 0.6 is 34.2 Å². The fourth-order valence-corrected chi connectivity index (χ4v) is 3.17. The first-order chi connectivity index (χ1) is 13.5. The fourth-order valence-electron chi connectivity index (χ4n) is 2.26. The number of benzene rings is 2. The molecule has 2 aromatic rings. The molecule has 0 bridgehead atoms. The predicted molar refractivity (Wildman–Crippen MR) is 118 cm³/mol. The van der Waals surface area contributed by atoms with E-state index in [9.17, 15) is 4.79 Å². The lowest BCUT2D eigenvalue weighted by Crippen LogP contribution is -2.15. The van der Waals surface area contributed by atoms with E-state index in [2.05, 4.69) is 33.1 Å². The molecule has 0 atom stereocenters. The summed E-state index contributed by atoms with van der Waals surface area (Å²) >= 11 is 8.02. The third kappa shape index (κ3) is 7.20. The second kappa shape index (κ2) is 11.8. The van der Waals surface area contributed by atoms with Crippen LogP contribution in [0.1, 0.15) is 25.0 Å². The van der Waals surface area contributed by atoms with Crippen LogP contribution in [0.25, 0.3) is 0 Å². The summed E-state index contributed by atoms with van der Waals surface area (Å²) in [4.78, 5) is 11.5. The van der Waals surface area contributed by atoms with Crippen LogP contribution in [0, 0.1) is 3.57 Å². The Kier molecular flexibility index (Phi) is 9.36. The quantitative estimate of drug-likeness (QED) is 0.219. The van der Waals surface area contributed by atoms with Gasteiger partial charge in [-0.3, -0.25) is 0 Å². The molecule has 6 nitrogen and oxygen atoms in total. The first-order valence-electron chi connectivity index (χ1n) is 8.78. The molecule has 150 valence electrons. The Hall–Kier alpha value is -2.00. The van der Waals surface area contributed by atoms with E-state index in [0.717, 1.165) is 14.7 Å². The average molecular weight is 517 g/mol. The number of hydrogen-bond acceptors (Lipinski definition) is 6. The smallest absolute Gasteiger partial charge is 0.344 e. The van der Waals surface area contributed by atoms with Gasteiger partial charge >= 0.3 is 5.97 Å². The molecule has 2 rings (SSSR count). The zero-order chi connectivity index (χ0) is 20.4. The summed E-state index contributed by atoms with van der Waals surface area (Å²) in [6.07, 6.45) is 1.70. The normalized spacial score (nSPS) is 10.7. The van der Waals surface area contributed by atoms with E-state index in [1.54, 1.807) is 13.1 Å². The van der Waals surface area contributed by atoms with E-state index in [0.29, 0.717) is 36.3 Å². The van der Waals surface area contributed by atoms with Crippen LogP contribution in [-0.4, -0.2) is 32.0 Å². The number of hydrazone groups is 1. The highest BCUT2D eigenvalue weighted by molar-refractivity contribution is 14.1. The van der Waals surface area contributed by atoms with Crippen molar-refractivity contribution in [3.05, 3.63) is 56.1 Å².